The van der Waals surface area contributed by atoms with Crippen LogP contribution in [0.1, 0.15) is 23.0 Å². The second-order valence-electron chi connectivity index (χ2n) is 8.28. The second-order valence-corrected chi connectivity index (χ2v) is 8.28. The van der Waals surface area contributed by atoms with Crippen molar-refractivity contribution in [1.29, 1.82) is 0 Å². The van der Waals surface area contributed by atoms with Crippen LogP contribution in [0.5, 0.6) is 5.75 Å². The lowest BCUT2D eigenvalue weighted by molar-refractivity contribution is -0.123. The maximum absolute atomic E-state index is 13.5. The van der Waals surface area contributed by atoms with Crippen molar-refractivity contribution >= 4 is 39.2 Å². The maximum Gasteiger partial charge on any atom is 0.251 e. The second kappa shape index (κ2) is 7.34. The Kier molecular flexibility index (Phi) is 4.59. The molecule has 5 rings (SSSR count). The number of aromatic nitrogens is 1. The van der Waals surface area contributed by atoms with Gasteiger partial charge in [0.05, 0.1) is 24.0 Å². The molecule has 2 heterocycles. The predicted molar refractivity (Wildman–Crippen MR) is 125 cm³/mol. The Morgan fingerprint density at radius 3 is 2.50 bits per heavy atom. The van der Waals surface area contributed by atoms with Gasteiger partial charge in [-0.1, -0.05) is 30.3 Å². The molecule has 0 radical (unpaired) electrons. The number of carbonyl (C=O) groups excluding carboxylic acids is 2. The Morgan fingerprint density at radius 2 is 1.75 bits per heavy atom. The molecule has 0 bridgehead atoms. The van der Waals surface area contributed by atoms with Crippen molar-refractivity contribution in [2.75, 3.05) is 25.6 Å². The fourth-order valence-corrected chi connectivity index (χ4v) is 4.51. The van der Waals surface area contributed by atoms with E-state index in [1.807, 2.05) is 43.3 Å². The van der Waals surface area contributed by atoms with Crippen LogP contribution in [-0.4, -0.2) is 37.5 Å². The lowest BCUT2D eigenvalue weighted by atomic mass is 9.78. The molecule has 1 aliphatic heterocycles. The first-order chi connectivity index (χ1) is 15.4. The van der Waals surface area contributed by atoms with E-state index in [-0.39, 0.29) is 18.4 Å². The first-order valence-electron chi connectivity index (χ1n) is 10.5. The Bertz CT molecular complexity index is 1380. The normalized spacial score (nSPS) is 17.6. The molecule has 0 saturated heterocycles. The van der Waals surface area contributed by atoms with Crippen LogP contribution < -0.4 is 15.0 Å². The number of para-hydroxylation sites is 1. The summed E-state index contributed by atoms with van der Waals surface area (Å²) in [5.41, 5.74) is 1.85. The van der Waals surface area contributed by atoms with Crippen LogP contribution in [0.25, 0.3) is 21.7 Å². The summed E-state index contributed by atoms with van der Waals surface area (Å²) in [4.78, 5) is 33.0. The smallest absolute Gasteiger partial charge is 0.251 e. The zero-order valence-corrected chi connectivity index (χ0v) is 18.2. The molecule has 4 aromatic rings. The average molecular weight is 425 g/mol. The van der Waals surface area contributed by atoms with E-state index in [1.165, 1.54) is 0 Å². The summed E-state index contributed by atoms with van der Waals surface area (Å²) in [6.45, 7) is 1.99. The SMILES string of the molecule is COc1ccc(C(=O)NCC2(C)C(=O)N(C)c3cccc4c3c2nc2ccccc24)cc1. The third-order valence-corrected chi connectivity index (χ3v) is 6.32. The van der Waals surface area contributed by atoms with E-state index in [0.717, 1.165) is 27.4 Å². The molecule has 0 spiro atoms. The average Bonchev–Trinajstić information content (AvgIpc) is 2.84. The van der Waals surface area contributed by atoms with Crippen LogP contribution >= 0.6 is 0 Å². The summed E-state index contributed by atoms with van der Waals surface area (Å²) in [5.74, 6) is 0.326. The summed E-state index contributed by atoms with van der Waals surface area (Å²) in [6.07, 6.45) is 0. The molecule has 1 aromatic heterocycles. The van der Waals surface area contributed by atoms with Crippen molar-refractivity contribution in [2.45, 2.75) is 12.3 Å². The highest BCUT2D eigenvalue weighted by Gasteiger charge is 2.45. The van der Waals surface area contributed by atoms with Crippen LogP contribution in [-0.2, 0) is 10.2 Å². The first kappa shape index (κ1) is 20.0. The fraction of sp³-hybridized carbons (Fsp3) is 0.192. The molecule has 0 fully saturated rings. The summed E-state index contributed by atoms with van der Waals surface area (Å²) in [6, 6.07) is 20.8. The van der Waals surface area contributed by atoms with E-state index in [9.17, 15) is 9.59 Å². The summed E-state index contributed by atoms with van der Waals surface area (Å²) >= 11 is 0. The number of nitrogens with one attached hydrogen (secondary N) is 1. The van der Waals surface area contributed by atoms with Gasteiger partial charge in [-0.2, -0.15) is 0 Å². The number of methoxy groups -OCH3 is 1. The van der Waals surface area contributed by atoms with E-state index in [1.54, 1.807) is 43.3 Å². The Balaban J connectivity index is 1.59. The molecule has 1 N–H and O–H groups in total. The highest BCUT2D eigenvalue weighted by molar-refractivity contribution is 6.19. The Hall–Kier alpha value is -3.93. The first-order valence-corrected chi connectivity index (χ1v) is 10.5. The van der Waals surface area contributed by atoms with E-state index >= 15 is 0 Å². The highest BCUT2D eigenvalue weighted by Crippen LogP contribution is 2.43. The quantitative estimate of drug-likeness (QED) is 0.501. The molecule has 0 saturated carbocycles. The van der Waals surface area contributed by atoms with Crippen molar-refractivity contribution in [3.8, 4) is 5.75 Å². The summed E-state index contributed by atoms with van der Waals surface area (Å²) in [7, 11) is 3.36. The molecule has 6 heteroatoms. The number of fused-ring (bicyclic) bond motifs is 2. The number of ether oxygens (including phenoxy) is 1. The van der Waals surface area contributed by atoms with Gasteiger partial charge in [0.15, 0.2) is 0 Å². The van der Waals surface area contributed by atoms with Crippen molar-refractivity contribution in [1.82, 2.24) is 10.3 Å². The van der Waals surface area contributed by atoms with Crippen molar-refractivity contribution in [2.24, 2.45) is 0 Å². The molecule has 1 unspecified atom stereocenters. The monoisotopic (exact) mass is 425 g/mol. The molecule has 2 amide bonds. The topological polar surface area (TPSA) is 71.5 Å². The van der Waals surface area contributed by atoms with E-state index in [0.29, 0.717) is 17.0 Å². The van der Waals surface area contributed by atoms with Crippen LogP contribution in [0.3, 0.4) is 0 Å². The molecule has 0 aliphatic carbocycles. The fourth-order valence-electron chi connectivity index (χ4n) is 4.51. The van der Waals surface area contributed by atoms with E-state index in [2.05, 4.69) is 11.4 Å². The molecule has 1 aliphatic rings. The number of hydrogen-bond acceptors (Lipinski definition) is 4. The molecule has 3 aromatic carbocycles. The Morgan fingerprint density at radius 1 is 1.03 bits per heavy atom. The molecule has 32 heavy (non-hydrogen) atoms. The van der Waals surface area contributed by atoms with Crippen LogP contribution in [0, 0.1) is 0 Å². The van der Waals surface area contributed by atoms with Gasteiger partial charge < -0.3 is 15.0 Å². The largest absolute Gasteiger partial charge is 0.497 e. The van der Waals surface area contributed by atoms with E-state index < -0.39 is 5.41 Å². The zero-order chi connectivity index (χ0) is 22.5. The molecule has 160 valence electrons. The minimum absolute atomic E-state index is 0.102. The van der Waals surface area contributed by atoms with Crippen LogP contribution in [0.2, 0.25) is 0 Å². The van der Waals surface area contributed by atoms with Gasteiger partial charge in [0.2, 0.25) is 5.91 Å². The third-order valence-electron chi connectivity index (χ3n) is 6.32. The lowest BCUT2D eigenvalue weighted by Crippen LogP contribution is -2.53. The van der Waals surface area contributed by atoms with Gasteiger partial charge in [-0.15, -0.1) is 0 Å². The number of hydrogen-bond donors (Lipinski definition) is 1. The predicted octanol–water partition coefficient (Wildman–Crippen LogP) is 4.06. The van der Waals surface area contributed by atoms with Crippen molar-refractivity contribution in [3.05, 3.63) is 78.0 Å². The van der Waals surface area contributed by atoms with E-state index in [4.69, 9.17) is 9.72 Å². The van der Waals surface area contributed by atoms with Gasteiger partial charge in [-0.25, -0.2) is 0 Å². The molecular weight excluding hydrogens is 402 g/mol. The number of anilines is 1. The minimum Gasteiger partial charge on any atom is -0.497 e. The number of amides is 2. The third kappa shape index (κ3) is 2.91. The van der Waals surface area contributed by atoms with Gasteiger partial charge in [0.25, 0.3) is 5.91 Å². The lowest BCUT2D eigenvalue weighted by Gasteiger charge is -2.38. The zero-order valence-electron chi connectivity index (χ0n) is 18.2. The summed E-state index contributed by atoms with van der Waals surface area (Å²) in [5, 5.41) is 6.00. The highest BCUT2D eigenvalue weighted by atomic mass is 16.5. The number of rotatable bonds is 4. The molecule has 6 nitrogen and oxygen atoms in total. The van der Waals surface area contributed by atoms with Gasteiger partial charge >= 0.3 is 0 Å². The minimum atomic E-state index is -1.01. The number of benzene rings is 3. The van der Waals surface area contributed by atoms with Gasteiger partial charge in [-0.3, -0.25) is 14.6 Å². The number of likely N-dealkylation sites (N-methyl/N-ethyl adjacent to an activating group) is 1. The standard InChI is InChI=1S/C26H23N3O3/c1-26(15-27-24(30)16-11-13-17(32-3)14-12-16)23-22-19(18-7-4-5-9-20(18)28-23)8-6-10-21(22)29(2)25(26)31/h4-14H,15H2,1-3H3,(H,27,30). The number of pyridine rings is 1. The van der Waals surface area contributed by atoms with Crippen molar-refractivity contribution in [3.63, 3.8) is 0 Å². The van der Waals surface area contributed by atoms with Crippen LogP contribution in [0.15, 0.2) is 66.7 Å². The molecule has 1 atom stereocenters. The van der Waals surface area contributed by atoms with Gasteiger partial charge in [0.1, 0.15) is 11.2 Å². The number of carbonyl (C=O) groups is 2. The van der Waals surface area contributed by atoms with Gasteiger partial charge in [0, 0.05) is 29.9 Å². The number of nitrogens with zero attached hydrogens (tertiary/aromatic N) is 2. The van der Waals surface area contributed by atoms with Crippen LogP contribution in [0.4, 0.5) is 5.69 Å². The van der Waals surface area contributed by atoms with Crippen molar-refractivity contribution < 1.29 is 14.3 Å². The summed E-state index contributed by atoms with van der Waals surface area (Å²) < 4.78 is 5.16. The maximum atomic E-state index is 13.5. The Labute approximate surface area is 185 Å². The molecular formula is C26H23N3O3. The van der Waals surface area contributed by atoms with Gasteiger partial charge in [-0.05, 0) is 48.7 Å².